The molecule has 1 amide bonds. The molecule has 240 valence electrons. The lowest BCUT2D eigenvalue weighted by molar-refractivity contribution is -0.274. The van der Waals surface area contributed by atoms with Crippen LogP contribution in [-0.2, 0) is 13.0 Å². The zero-order chi connectivity index (χ0) is 31.7. The van der Waals surface area contributed by atoms with Gasteiger partial charge in [0, 0.05) is 31.3 Å². The van der Waals surface area contributed by atoms with Gasteiger partial charge in [0.2, 0.25) is 0 Å². The van der Waals surface area contributed by atoms with E-state index in [1.807, 2.05) is 30.3 Å². The monoisotopic (exact) mass is 637 g/mol. The summed E-state index contributed by atoms with van der Waals surface area (Å²) >= 11 is 0. The first-order valence-electron chi connectivity index (χ1n) is 14.3. The first kappa shape index (κ1) is 33.4. The lowest BCUT2D eigenvalue weighted by atomic mass is 10.00. The van der Waals surface area contributed by atoms with E-state index in [-0.39, 0.29) is 30.2 Å². The van der Waals surface area contributed by atoms with Gasteiger partial charge in [-0.15, -0.1) is 23.9 Å². The molecule has 0 aliphatic carbocycles. The molecule has 0 bridgehead atoms. The average molecular weight is 638 g/mol. The zero-order valence-electron chi connectivity index (χ0n) is 24.3. The third kappa shape index (κ3) is 9.76. The second kappa shape index (κ2) is 15.0. The predicted molar refractivity (Wildman–Crippen MR) is 164 cm³/mol. The Hall–Kier alpha value is -3.49. The standard InChI is InChI=1S/C31H38F3N3O6S/c1-2-42-27-18-24(17-25(19-27)37-13-6-7-14-44(37,40)41)30(39)36-28(16-22-9-4-3-5-10-22)29(38)21-35-20-23-11-8-12-26(15-23)43-31(32,33)34/h3-5,8-12,15,17-19,28-29,35,38,40-41H,2,6-7,13-14,16,20-21H2,1H3,(H,36,39)/t28-,29-/m0/s1. The van der Waals surface area contributed by atoms with E-state index in [4.69, 9.17) is 4.74 Å². The SMILES string of the molecule is CCOc1cc(C(=O)N[C@@H](Cc2ccccc2)[C@@H](O)CNCc2cccc(OC(F)(F)F)c2)cc(N2CCCCS2(O)O)c1. The fourth-order valence-corrected chi connectivity index (χ4v) is 6.65. The molecule has 0 spiro atoms. The van der Waals surface area contributed by atoms with Crippen molar-refractivity contribution >= 4 is 22.4 Å². The first-order chi connectivity index (χ1) is 20.9. The fourth-order valence-electron chi connectivity index (χ4n) is 4.98. The number of halogens is 3. The van der Waals surface area contributed by atoms with E-state index in [0.29, 0.717) is 43.0 Å². The summed E-state index contributed by atoms with van der Waals surface area (Å²) in [4.78, 5) is 13.6. The smallest absolute Gasteiger partial charge is 0.494 e. The summed E-state index contributed by atoms with van der Waals surface area (Å²) in [5.74, 6) is -0.190. The minimum absolute atomic E-state index is 0.0288. The van der Waals surface area contributed by atoms with Gasteiger partial charge >= 0.3 is 6.36 Å². The summed E-state index contributed by atoms with van der Waals surface area (Å²) in [6.45, 7) is 2.75. The minimum Gasteiger partial charge on any atom is -0.494 e. The van der Waals surface area contributed by atoms with Crippen molar-refractivity contribution in [2.24, 2.45) is 0 Å². The van der Waals surface area contributed by atoms with Crippen LogP contribution in [0.3, 0.4) is 0 Å². The number of carbonyl (C=O) groups is 1. The van der Waals surface area contributed by atoms with Gasteiger partial charge < -0.3 is 25.2 Å². The van der Waals surface area contributed by atoms with Crippen LogP contribution in [0.15, 0.2) is 72.8 Å². The number of nitrogens with zero attached hydrogens (tertiary/aromatic N) is 1. The molecule has 0 radical (unpaired) electrons. The number of nitrogens with one attached hydrogen (secondary N) is 2. The highest BCUT2D eigenvalue weighted by Gasteiger charge is 2.31. The highest BCUT2D eigenvalue weighted by atomic mass is 32.3. The second-order valence-corrected chi connectivity index (χ2v) is 12.6. The van der Waals surface area contributed by atoms with Crippen molar-refractivity contribution in [3.05, 3.63) is 89.5 Å². The normalized spacial score (nSPS) is 16.9. The molecule has 9 nitrogen and oxygen atoms in total. The fraction of sp³-hybridized carbons (Fsp3) is 0.387. The van der Waals surface area contributed by atoms with Crippen molar-refractivity contribution in [2.75, 3.05) is 29.8 Å². The Kier molecular flexibility index (Phi) is 11.4. The predicted octanol–water partition coefficient (Wildman–Crippen LogP) is 5.74. The summed E-state index contributed by atoms with van der Waals surface area (Å²) in [6, 6.07) is 18.9. The molecule has 3 aromatic carbocycles. The molecule has 1 heterocycles. The molecule has 1 fully saturated rings. The molecule has 1 aliphatic heterocycles. The van der Waals surface area contributed by atoms with Crippen LogP contribution >= 0.6 is 10.8 Å². The van der Waals surface area contributed by atoms with Gasteiger partial charge in [0.15, 0.2) is 0 Å². The molecule has 0 saturated carbocycles. The third-order valence-electron chi connectivity index (χ3n) is 7.03. The molecule has 3 aromatic rings. The molecule has 0 aromatic heterocycles. The van der Waals surface area contributed by atoms with E-state index in [0.717, 1.165) is 12.0 Å². The number of aliphatic hydroxyl groups excluding tert-OH is 1. The van der Waals surface area contributed by atoms with Crippen LogP contribution in [0.2, 0.25) is 0 Å². The maximum atomic E-state index is 13.6. The van der Waals surface area contributed by atoms with Crippen LogP contribution in [0.4, 0.5) is 18.9 Å². The highest BCUT2D eigenvalue weighted by Crippen LogP contribution is 2.50. The molecule has 1 aliphatic rings. The van der Waals surface area contributed by atoms with Gasteiger partial charge in [-0.05, 0) is 61.6 Å². The second-order valence-electron chi connectivity index (χ2n) is 10.5. The van der Waals surface area contributed by atoms with Gasteiger partial charge in [0.05, 0.1) is 30.2 Å². The summed E-state index contributed by atoms with van der Waals surface area (Å²) in [6.07, 6.45) is -4.11. The van der Waals surface area contributed by atoms with Crippen molar-refractivity contribution in [1.29, 1.82) is 0 Å². The summed E-state index contributed by atoms with van der Waals surface area (Å²) in [5, 5.41) is 17.1. The number of hydrogen-bond acceptors (Lipinski definition) is 8. The summed E-state index contributed by atoms with van der Waals surface area (Å²) < 4.78 is 70.3. The van der Waals surface area contributed by atoms with E-state index < -0.39 is 35.2 Å². The number of aliphatic hydroxyl groups is 1. The zero-order valence-corrected chi connectivity index (χ0v) is 25.1. The number of alkyl halides is 3. The largest absolute Gasteiger partial charge is 0.573 e. The van der Waals surface area contributed by atoms with E-state index >= 15 is 0 Å². The van der Waals surface area contributed by atoms with Gasteiger partial charge in [-0.1, -0.05) is 42.5 Å². The maximum absolute atomic E-state index is 13.6. The van der Waals surface area contributed by atoms with Crippen LogP contribution in [-0.4, -0.2) is 64.1 Å². The lowest BCUT2D eigenvalue weighted by Gasteiger charge is -2.47. The number of ether oxygens (including phenoxy) is 2. The van der Waals surface area contributed by atoms with E-state index in [9.17, 15) is 32.2 Å². The Bertz CT molecular complexity index is 1380. The molecule has 2 atom stereocenters. The van der Waals surface area contributed by atoms with Crippen molar-refractivity contribution in [3.8, 4) is 11.5 Å². The number of carbonyl (C=O) groups excluding carboxylic acids is 1. The molecular formula is C31H38F3N3O6S. The Morgan fingerprint density at radius 3 is 2.45 bits per heavy atom. The molecule has 44 heavy (non-hydrogen) atoms. The molecular weight excluding hydrogens is 599 g/mol. The van der Waals surface area contributed by atoms with Crippen molar-refractivity contribution < 1.29 is 41.7 Å². The highest BCUT2D eigenvalue weighted by molar-refractivity contribution is 8.25. The molecule has 5 N–H and O–H groups in total. The van der Waals surface area contributed by atoms with Gasteiger partial charge in [-0.2, -0.15) is 0 Å². The molecule has 1 saturated heterocycles. The number of amides is 1. The summed E-state index contributed by atoms with van der Waals surface area (Å²) in [7, 11) is -3.04. The van der Waals surface area contributed by atoms with Crippen LogP contribution in [0.5, 0.6) is 11.5 Å². The van der Waals surface area contributed by atoms with Gasteiger partial charge in [-0.25, -0.2) is 0 Å². The Morgan fingerprint density at radius 2 is 1.75 bits per heavy atom. The van der Waals surface area contributed by atoms with Gasteiger partial charge in [0.25, 0.3) is 5.91 Å². The Labute approximate surface area is 256 Å². The number of rotatable bonds is 13. The van der Waals surface area contributed by atoms with Crippen LogP contribution in [0.1, 0.15) is 41.3 Å². The topological polar surface area (TPSA) is 124 Å². The lowest BCUT2D eigenvalue weighted by Crippen LogP contribution is -2.48. The minimum atomic E-state index is -4.80. The van der Waals surface area contributed by atoms with Crippen molar-refractivity contribution in [1.82, 2.24) is 10.6 Å². The van der Waals surface area contributed by atoms with E-state index in [1.165, 1.54) is 22.5 Å². The third-order valence-corrected chi connectivity index (χ3v) is 8.96. The summed E-state index contributed by atoms with van der Waals surface area (Å²) in [5.41, 5.74) is 2.08. The van der Waals surface area contributed by atoms with E-state index in [1.54, 1.807) is 31.2 Å². The van der Waals surface area contributed by atoms with Gasteiger partial charge in [-0.3, -0.25) is 18.2 Å². The molecule has 4 rings (SSSR count). The van der Waals surface area contributed by atoms with Crippen LogP contribution in [0, 0.1) is 0 Å². The first-order valence-corrected chi connectivity index (χ1v) is 16.0. The van der Waals surface area contributed by atoms with E-state index in [2.05, 4.69) is 15.4 Å². The van der Waals surface area contributed by atoms with Crippen molar-refractivity contribution in [3.63, 3.8) is 0 Å². The number of hydrogen-bond donors (Lipinski definition) is 5. The van der Waals surface area contributed by atoms with Crippen molar-refractivity contribution in [2.45, 2.75) is 51.2 Å². The number of benzene rings is 3. The van der Waals surface area contributed by atoms with Gasteiger partial charge in [0.1, 0.15) is 11.5 Å². The maximum Gasteiger partial charge on any atom is 0.573 e. The Morgan fingerprint density at radius 1 is 1.00 bits per heavy atom. The molecule has 13 heteroatoms. The molecule has 0 unspecified atom stereocenters. The van der Waals surface area contributed by atoms with Crippen LogP contribution < -0.4 is 24.4 Å². The number of anilines is 1. The Balaban J connectivity index is 1.50. The average Bonchev–Trinajstić information content (AvgIpc) is 2.96. The quantitative estimate of drug-likeness (QED) is 0.161. The van der Waals surface area contributed by atoms with Crippen LogP contribution in [0.25, 0.3) is 0 Å².